The van der Waals surface area contributed by atoms with Crippen LogP contribution in [0.25, 0.3) is 93.6 Å². The summed E-state index contributed by atoms with van der Waals surface area (Å²) in [6, 6.07) is 73.4. The van der Waals surface area contributed by atoms with E-state index in [1.54, 1.807) is 0 Å². The fourth-order valence-electron chi connectivity index (χ4n) is 8.84. The van der Waals surface area contributed by atoms with Gasteiger partial charge in [-0.05, 0) is 113 Å². The summed E-state index contributed by atoms with van der Waals surface area (Å²) in [5, 5.41) is 7.00. The van der Waals surface area contributed by atoms with Crippen molar-refractivity contribution >= 4 is 82.7 Å². The number of para-hydroxylation sites is 4. The molecule has 0 fully saturated rings. The van der Waals surface area contributed by atoms with Crippen LogP contribution in [0.15, 0.2) is 215 Å². The third-order valence-electron chi connectivity index (χ3n) is 11.6. The third-order valence-corrected chi connectivity index (χ3v) is 11.6. The number of aromatic nitrogens is 1. The van der Waals surface area contributed by atoms with Crippen molar-refractivity contribution in [3.63, 3.8) is 0 Å². The van der Waals surface area contributed by atoms with Crippen LogP contribution >= 0.6 is 0 Å². The Bertz CT molecular complexity index is 3300. The quantitative estimate of drug-likeness (QED) is 0.170. The van der Waals surface area contributed by atoms with Crippen LogP contribution in [0.2, 0.25) is 0 Å². The number of hydrogen-bond acceptors (Lipinski definition) is 3. The van der Waals surface area contributed by atoms with Gasteiger partial charge in [-0.2, -0.15) is 0 Å². The molecular formula is C54H34N2O2. The highest BCUT2D eigenvalue weighted by Gasteiger charge is 2.18. The van der Waals surface area contributed by atoms with Crippen molar-refractivity contribution in [1.82, 2.24) is 4.57 Å². The second-order valence-electron chi connectivity index (χ2n) is 14.9. The van der Waals surface area contributed by atoms with Crippen molar-refractivity contribution in [2.75, 3.05) is 4.90 Å². The normalized spacial score (nSPS) is 11.8. The van der Waals surface area contributed by atoms with Crippen molar-refractivity contribution in [3.8, 4) is 27.9 Å². The largest absolute Gasteiger partial charge is 0.456 e. The van der Waals surface area contributed by atoms with Gasteiger partial charge in [0.15, 0.2) is 0 Å². The summed E-state index contributed by atoms with van der Waals surface area (Å²) in [5.74, 6) is 0. The van der Waals surface area contributed by atoms with E-state index in [0.29, 0.717) is 0 Å². The Hall–Kier alpha value is -7.82. The summed E-state index contributed by atoms with van der Waals surface area (Å²) in [5.41, 5.74) is 14.9. The molecule has 0 bridgehead atoms. The minimum Gasteiger partial charge on any atom is -0.456 e. The predicted octanol–water partition coefficient (Wildman–Crippen LogP) is 15.4. The number of rotatable bonds is 6. The Morgan fingerprint density at radius 3 is 1.24 bits per heavy atom. The smallest absolute Gasteiger partial charge is 0.135 e. The Kier molecular flexibility index (Phi) is 7.20. The molecule has 0 unspecified atom stereocenters. The summed E-state index contributed by atoms with van der Waals surface area (Å²) < 4.78 is 14.6. The second-order valence-corrected chi connectivity index (χ2v) is 14.9. The molecule has 58 heavy (non-hydrogen) atoms. The predicted molar refractivity (Wildman–Crippen MR) is 241 cm³/mol. The molecule has 12 rings (SSSR count). The van der Waals surface area contributed by atoms with Gasteiger partial charge in [-0.15, -0.1) is 0 Å². The molecule has 0 atom stereocenters. The van der Waals surface area contributed by atoms with Gasteiger partial charge in [0.1, 0.15) is 22.3 Å². The average molecular weight is 743 g/mol. The van der Waals surface area contributed by atoms with Crippen molar-refractivity contribution in [3.05, 3.63) is 206 Å². The van der Waals surface area contributed by atoms with E-state index in [9.17, 15) is 0 Å². The molecule has 0 N–H and O–H groups in total. The summed E-state index contributed by atoms with van der Waals surface area (Å²) in [6.45, 7) is 0. The lowest BCUT2D eigenvalue weighted by molar-refractivity contribution is 0.668. The molecule has 0 radical (unpaired) electrons. The van der Waals surface area contributed by atoms with Crippen molar-refractivity contribution in [2.24, 2.45) is 0 Å². The molecule has 9 aromatic carbocycles. The maximum Gasteiger partial charge on any atom is 0.135 e. The zero-order valence-corrected chi connectivity index (χ0v) is 31.3. The first-order chi connectivity index (χ1) is 28.7. The molecule has 0 spiro atoms. The van der Waals surface area contributed by atoms with Crippen molar-refractivity contribution < 1.29 is 8.83 Å². The van der Waals surface area contributed by atoms with E-state index < -0.39 is 0 Å². The monoisotopic (exact) mass is 742 g/mol. The van der Waals surface area contributed by atoms with Crippen LogP contribution in [0.5, 0.6) is 0 Å². The maximum atomic E-state index is 6.13. The number of fused-ring (bicyclic) bond motifs is 9. The maximum absolute atomic E-state index is 6.13. The first-order valence-corrected chi connectivity index (χ1v) is 19.7. The van der Waals surface area contributed by atoms with E-state index >= 15 is 0 Å². The third kappa shape index (κ3) is 5.16. The summed E-state index contributed by atoms with van der Waals surface area (Å²) in [7, 11) is 0. The van der Waals surface area contributed by atoms with Gasteiger partial charge in [0, 0.05) is 55.1 Å². The molecule has 3 heterocycles. The van der Waals surface area contributed by atoms with E-state index in [-0.39, 0.29) is 0 Å². The van der Waals surface area contributed by atoms with E-state index in [2.05, 4.69) is 191 Å². The van der Waals surface area contributed by atoms with Gasteiger partial charge in [-0.1, -0.05) is 115 Å². The number of benzene rings is 9. The molecule has 0 aliphatic rings. The Balaban J connectivity index is 0.975. The van der Waals surface area contributed by atoms with Gasteiger partial charge in [0.25, 0.3) is 0 Å². The minimum atomic E-state index is 0.900. The fraction of sp³-hybridized carbons (Fsp3) is 0. The van der Waals surface area contributed by atoms with Crippen LogP contribution in [-0.4, -0.2) is 4.57 Å². The Morgan fingerprint density at radius 2 is 0.724 bits per heavy atom. The van der Waals surface area contributed by atoms with Gasteiger partial charge in [0.05, 0.1) is 11.0 Å². The lowest BCUT2D eigenvalue weighted by Gasteiger charge is -2.26. The highest BCUT2D eigenvalue weighted by atomic mass is 16.3. The van der Waals surface area contributed by atoms with Crippen LogP contribution in [0.3, 0.4) is 0 Å². The van der Waals surface area contributed by atoms with Crippen molar-refractivity contribution in [2.45, 2.75) is 0 Å². The number of nitrogens with zero attached hydrogens (tertiary/aromatic N) is 2. The fourth-order valence-corrected chi connectivity index (χ4v) is 8.84. The molecule has 272 valence electrons. The molecule has 0 saturated carbocycles. The highest BCUT2D eigenvalue weighted by Crippen LogP contribution is 2.41. The topological polar surface area (TPSA) is 34.5 Å². The molecule has 0 saturated heterocycles. The van der Waals surface area contributed by atoms with E-state index in [4.69, 9.17) is 8.83 Å². The number of hydrogen-bond donors (Lipinski definition) is 0. The van der Waals surface area contributed by atoms with Crippen LogP contribution in [-0.2, 0) is 0 Å². The highest BCUT2D eigenvalue weighted by molar-refractivity contribution is 6.10. The minimum absolute atomic E-state index is 0.900. The zero-order valence-electron chi connectivity index (χ0n) is 31.3. The van der Waals surface area contributed by atoms with Crippen LogP contribution in [0.4, 0.5) is 17.1 Å². The summed E-state index contributed by atoms with van der Waals surface area (Å²) in [4.78, 5) is 2.35. The molecule has 0 aliphatic carbocycles. The van der Waals surface area contributed by atoms with Crippen LogP contribution in [0, 0.1) is 0 Å². The summed E-state index contributed by atoms with van der Waals surface area (Å²) >= 11 is 0. The number of anilines is 3. The van der Waals surface area contributed by atoms with Gasteiger partial charge >= 0.3 is 0 Å². The van der Waals surface area contributed by atoms with Gasteiger partial charge in [-0.3, -0.25) is 0 Å². The van der Waals surface area contributed by atoms with E-state index in [1.165, 1.54) is 21.8 Å². The van der Waals surface area contributed by atoms with E-state index in [1.807, 2.05) is 24.3 Å². The molecule has 3 aromatic heterocycles. The van der Waals surface area contributed by atoms with Crippen LogP contribution < -0.4 is 4.90 Å². The van der Waals surface area contributed by atoms with Crippen molar-refractivity contribution in [1.29, 1.82) is 0 Å². The molecular weight excluding hydrogens is 709 g/mol. The van der Waals surface area contributed by atoms with Gasteiger partial charge < -0.3 is 18.3 Å². The standard InChI is InChI=1S/C54H34N2O2/c1-5-16-49-43(12-1)44-13-2-6-17-50(44)56(49)42-11-9-10-41(34-42)55(39-26-20-35(21-27-39)37-24-30-53-47(32-37)45-14-3-7-18-51(45)57-53)40-28-22-36(23-29-40)38-25-31-54-48(33-38)46-15-4-8-19-52(46)58-54/h1-34H. The zero-order chi connectivity index (χ0) is 38.2. The van der Waals surface area contributed by atoms with Crippen LogP contribution in [0.1, 0.15) is 0 Å². The molecule has 4 heteroatoms. The van der Waals surface area contributed by atoms with E-state index in [0.717, 1.165) is 88.9 Å². The van der Waals surface area contributed by atoms with Gasteiger partial charge in [-0.25, -0.2) is 0 Å². The number of furan rings is 2. The first kappa shape index (κ1) is 32.4. The van der Waals surface area contributed by atoms with Gasteiger partial charge in [0.2, 0.25) is 0 Å². The average Bonchev–Trinajstić information content (AvgIpc) is 3.96. The Morgan fingerprint density at radius 1 is 0.293 bits per heavy atom. The lowest BCUT2D eigenvalue weighted by Crippen LogP contribution is -2.10. The lowest BCUT2D eigenvalue weighted by atomic mass is 10.0. The SMILES string of the molecule is c1cc(N(c2ccc(-c3ccc4oc5ccccc5c4c3)cc2)c2ccc(-c3ccc4oc5ccccc5c4c3)cc2)cc(-n2c3ccccc3c3ccccc32)c1. The molecule has 12 aromatic rings. The summed E-state index contributed by atoms with van der Waals surface area (Å²) in [6.07, 6.45) is 0. The second kappa shape index (κ2) is 12.9. The molecule has 0 aliphatic heterocycles. The first-order valence-electron chi connectivity index (χ1n) is 19.7. The molecule has 0 amide bonds. The molecule has 4 nitrogen and oxygen atoms in total. The Labute approximate surface area is 334 Å².